The van der Waals surface area contributed by atoms with E-state index in [0.717, 1.165) is 51.9 Å². The van der Waals surface area contributed by atoms with Crippen LogP contribution in [0.1, 0.15) is 34.9 Å². The first-order valence-electron chi connectivity index (χ1n) is 10.0. The lowest BCUT2D eigenvalue weighted by molar-refractivity contribution is -0.113. The summed E-state index contributed by atoms with van der Waals surface area (Å²) in [7, 11) is 0. The summed E-state index contributed by atoms with van der Waals surface area (Å²) in [5, 5.41) is 4.34. The Hall–Kier alpha value is -2.38. The van der Waals surface area contributed by atoms with Crippen molar-refractivity contribution < 1.29 is 4.79 Å². The van der Waals surface area contributed by atoms with Gasteiger partial charge in [-0.05, 0) is 56.7 Å². The number of anilines is 1. The van der Waals surface area contributed by atoms with Gasteiger partial charge in [-0.3, -0.25) is 14.2 Å². The van der Waals surface area contributed by atoms with E-state index in [1.54, 1.807) is 15.9 Å². The first kappa shape index (κ1) is 20.9. The predicted octanol–water partition coefficient (Wildman–Crippen LogP) is 4.87. The summed E-state index contributed by atoms with van der Waals surface area (Å²) in [6.07, 6.45) is 3.08. The van der Waals surface area contributed by atoms with E-state index in [1.165, 1.54) is 22.2 Å². The monoisotopic (exact) mass is 439 g/mol. The second-order valence-corrected chi connectivity index (χ2v) is 9.91. The molecular formula is C23H25N3O2S2. The van der Waals surface area contributed by atoms with Crippen LogP contribution in [0.5, 0.6) is 0 Å². The van der Waals surface area contributed by atoms with Gasteiger partial charge in [-0.2, -0.15) is 0 Å². The van der Waals surface area contributed by atoms with Crippen LogP contribution < -0.4 is 10.9 Å². The van der Waals surface area contributed by atoms with Crippen LogP contribution in [0.15, 0.2) is 40.3 Å². The van der Waals surface area contributed by atoms with Gasteiger partial charge in [0.15, 0.2) is 5.16 Å². The molecule has 0 saturated carbocycles. The molecule has 30 heavy (non-hydrogen) atoms. The number of thiophene rings is 1. The second kappa shape index (κ2) is 8.40. The fraction of sp³-hybridized carbons (Fsp3) is 0.348. The number of aryl methyl sites for hydroxylation is 4. The molecule has 0 spiro atoms. The van der Waals surface area contributed by atoms with Crippen molar-refractivity contribution in [1.82, 2.24) is 9.55 Å². The maximum absolute atomic E-state index is 13.3. The van der Waals surface area contributed by atoms with Crippen LogP contribution in [-0.2, 0) is 24.2 Å². The largest absolute Gasteiger partial charge is 0.325 e. The zero-order valence-electron chi connectivity index (χ0n) is 17.5. The molecule has 3 aromatic rings. The molecule has 0 radical (unpaired) electrons. The number of thioether (sulfide) groups is 1. The van der Waals surface area contributed by atoms with Crippen LogP contribution in [0.4, 0.5) is 5.69 Å². The Balaban J connectivity index is 1.62. The van der Waals surface area contributed by atoms with Gasteiger partial charge in [-0.25, -0.2) is 4.98 Å². The minimum atomic E-state index is -0.109. The summed E-state index contributed by atoms with van der Waals surface area (Å²) in [5.41, 5.74) is 4.94. The van der Waals surface area contributed by atoms with E-state index < -0.39 is 0 Å². The standard InChI is InChI=1S/C23H25N3O2S2/c1-13(2)11-26-22(28)19-16-9-6-10-17(16)30-21(19)25-23(26)29-12-18(27)24-20-14(3)7-5-8-15(20)4/h5,7-8H,1,6,9-12H2,2-4H3,(H,24,27). The maximum Gasteiger partial charge on any atom is 0.263 e. The van der Waals surface area contributed by atoms with Crippen molar-refractivity contribution in [3.8, 4) is 0 Å². The Morgan fingerprint density at radius 3 is 2.73 bits per heavy atom. The van der Waals surface area contributed by atoms with Crippen LogP contribution in [0, 0.1) is 13.8 Å². The van der Waals surface area contributed by atoms with Crippen LogP contribution in [-0.4, -0.2) is 21.2 Å². The Morgan fingerprint density at radius 2 is 2.03 bits per heavy atom. The van der Waals surface area contributed by atoms with E-state index in [9.17, 15) is 9.59 Å². The summed E-state index contributed by atoms with van der Waals surface area (Å²) in [4.78, 5) is 32.8. The molecule has 0 fully saturated rings. The molecule has 1 amide bonds. The highest BCUT2D eigenvalue weighted by molar-refractivity contribution is 7.99. The lowest BCUT2D eigenvalue weighted by Gasteiger charge is -2.13. The molecule has 0 saturated heterocycles. The quantitative estimate of drug-likeness (QED) is 0.338. The number of para-hydroxylation sites is 1. The maximum atomic E-state index is 13.3. The molecule has 1 aliphatic carbocycles. The minimum absolute atomic E-state index is 0.0138. The number of allylic oxidation sites excluding steroid dienone is 1. The first-order valence-corrected chi connectivity index (χ1v) is 11.8. The fourth-order valence-corrected chi connectivity index (χ4v) is 6.00. The van der Waals surface area contributed by atoms with Gasteiger partial charge in [0.2, 0.25) is 5.91 Å². The Kier molecular flexibility index (Phi) is 5.84. The Bertz CT molecular complexity index is 1200. The molecule has 2 heterocycles. The summed E-state index contributed by atoms with van der Waals surface area (Å²) < 4.78 is 1.67. The van der Waals surface area contributed by atoms with Crippen molar-refractivity contribution >= 4 is 44.9 Å². The number of nitrogens with zero attached hydrogens (tertiary/aromatic N) is 2. The lowest BCUT2D eigenvalue weighted by atomic mass is 10.1. The van der Waals surface area contributed by atoms with Crippen LogP contribution >= 0.6 is 23.1 Å². The number of carbonyl (C=O) groups excluding carboxylic acids is 1. The van der Waals surface area contributed by atoms with Gasteiger partial charge in [0.25, 0.3) is 5.56 Å². The fourth-order valence-electron chi connectivity index (χ4n) is 3.89. The van der Waals surface area contributed by atoms with Gasteiger partial charge in [0.05, 0.1) is 11.1 Å². The summed E-state index contributed by atoms with van der Waals surface area (Å²) >= 11 is 2.93. The summed E-state index contributed by atoms with van der Waals surface area (Å²) in [6, 6.07) is 5.93. The zero-order valence-corrected chi connectivity index (χ0v) is 19.1. The average Bonchev–Trinajstić information content (AvgIpc) is 3.26. The number of carbonyl (C=O) groups is 1. The normalized spacial score (nSPS) is 12.9. The zero-order chi connectivity index (χ0) is 21.4. The SMILES string of the molecule is C=C(C)Cn1c(SCC(=O)Nc2c(C)cccc2C)nc2sc3c(c2c1=O)CCC3. The topological polar surface area (TPSA) is 64.0 Å². The molecular weight excluding hydrogens is 414 g/mol. The highest BCUT2D eigenvalue weighted by atomic mass is 32.2. The van der Waals surface area contributed by atoms with E-state index in [2.05, 4.69) is 11.9 Å². The van der Waals surface area contributed by atoms with Crippen molar-refractivity contribution in [2.24, 2.45) is 0 Å². The third-order valence-corrected chi connectivity index (χ3v) is 7.46. The average molecular weight is 440 g/mol. The predicted molar refractivity (Wildman–Crippen MR) is 126 cm³/mol. The second-order valence-electron chi connectivity index (χ2n) is 7.88. The third-order valence-electron chi connectivity index (χ3n) is 5.30. The number of aromatic nitrogens is 2. The van der Waals surface area contributed by atoms with Gasteiger partial charge in [0, 0.05) is 17.1 Å². The van der Waals surface area contributed by atoms with Crippen molar-refractivity contribution in [1.29, 1.82) is 0 Å². The van der Waals surface area contributed by atoms with Crippen molar-refractivity contribution in [3.63, 3.8) is 0 Å². The molecule has 1 aromatic carbocycles. The number of fused-ring (bicyclic) bond motifs is 3. The van der Waals surface area contributed by atoms with Gasteiger partial charge in [0.1, 0.15) is 4.83 Å². The molecule has 1 aliphatic rings. The number of benzene rings is 1. The van der Waals surface area contributed by atoms with E-state index in [-0.39, 0.29) is 17.2 Å². The molecule has 0 bridgehead atoms. The summed E-state index contributed by atoms with van der Waals surface area (Å²) in [6.45, 7) is 10.2. The highest BCUT2D eigenvalue weighted by Crippen LogP contribution is 2.35. The molecule has 0 aliphatic heterocycles. The van der Waals surface area contributed by atoms with Gasteiger partial charge >= 0.3 is 0 Å². The van der Waals surface area contributed by atoms with E-state index in [1.807, 2.05) is 39.0 Å². The van der Waals surface area contributed by atoms with Crippen molar-refractivity contribution in [2.45, 2.75) is 51.7 Å². The molecule has 0 atom stereocenters. The van der Waals surface area contributed by atoms with Crippen LogP contribution in [0.3, 0.4) is 0 Å². The number of hydrogen-bond acceptors (Lipinski definition) is 5. The Labute approximate surface area is 184 Å². The van der Waals surface area contributed by atoms with Gasteiger partial charge in [-0.15, -0.1) is 11.3 Å². The number of nitrogens with one attached hydrogen (secondary N) is 1. The number of hydrogen-bond donors (Lipinski definition) is 1. The highest BCUT2D eigenvalue weighted by Gasteiger charge is 2.23. The lowest BCUT2D eigenvalue weighted by Crippen LogP contribution is -2.25. The first-order chi connectivity index (χ1) is 14.3. The Morgan fingerprint density at radius 1 is 1.30 bits per heavy atom. The molecule has 2 aromatic heterocycles. The van der Waals surface area contributed by atoms with Crippen LogP contribution in [0.25, 0.3) is 10.2 Å². The molecule has 7 heteroatoms. The minimum Gasteiger partial charge on any atom is -0.325 e. The van der Waals surface area contributed by atoms with Crippen LogP contribution in [0.2, 0.25) is 0 Å². The van der Waals surface area contributed by atoms with E-state index in [0.29, 0.717) is 11.7 Å². The van der Waals surface area contributed by atoms with Gasteiger partial charge < -0.3 is 5.32 Å². The smallest absolute Gasteiger partial charge is 0.263 e. The molecule has 156 valence electrons. The number of rotatable bonds is 6. The molecule has 5 nitrogen and oxygen atoms in total. The van der Waals surface area contributed by atoms with Crippen molar-refractivity contribution in [3.05, 3.63) is 62.3 Å². The van der Waals surface area contributed by atoms with Gasteiger partial charge in [-0.1, -0.05) is 42.1 Å². The van der Waals surface area contributed by atoms with Crippen molar-refractivity contribution in [2.75, 3.05) is 11.1 Å². The molecule has 1 N–H and O–H groups in total. The summed E-state index contributed by atoms with van der Waals surface area (Å²) in [5.74, 6) is 0.0785. The molecule has 0 unspecified atom stereocenters. The van der Waals surface area contributed by atoms with E-state index >= 15 is 0 Å². The third kappa shape index (κ3) is 3.96. The molecule has 4 rings (SSSR count). The number of amides is 1. The van der Waals surface area contributed by atoms with E-state index in [4.69, 9.17) is 4.98 Å².